The molecule has 2 aromatic rings. The van der Waals surface area contributed by atoms with Crippen LogP contribution in [0.3, 0.4) is 0 Å². The molecule has 0 aliphatic heterocycles. The highest BCUT2D eigenvalue weighted by atomic mass is 16.5. The van der Waals surface area contributed by atoms with Gasteiger partial charge in [0.25, 0.3) is 0 Å². The Bertz CT molecular complexity index is 573. The van der Waals surface area contributed by atoms with Gasteiger partial charge in [0.2, 0.25) is 0 Å². The van der Waals surface area contributed by atoms with Gasteiger partial charge in [-0.1, -0.05) is 85.0 Å². The molecule has 0 saturated carbocycles. The van der Waals surface area contributed by atoms with Gasteiger partial charge in [0.1, 0.15) is 0 Å². The predicted molar refractivity (Wildman–Crippen MR) is 98.7 cm³/mol. The van der Waals surface area contributed by atoms with E-state index >= 15 is 0 Å². The number of benzene rings is 2. The Morgan fingerprint density at radius 2 is 1.52 bits per heavy atom. The van der Waals surface area contributed by atoms with E-state index in [1.54, 1.807) is 0 Å². The molecule has 1 unspecified atom stereocenters. The third-order valence-electron chi connectivity index (χ3n) is 4.22. The minimum absolute atomic E-state index is 0.146. The van der Waals surface area contributed by atoms with Crippen molar-refractivity contribution in [3.63, 3.8) is 0 Å². The highest BCUT2D eigenvalue weighted by molar-refractivity contribution is 5.34. The lowest BCUT2D eigenvalue weighted by atomic mass is 9.84. The van der Waals surface area contributed by atoms with Crippen molar-refractivity contribution < 1.29 is 4.74 Å². The van der Waals surface area contributed by atoms with Crippen LogP contribution in [0.1, 0.15) is 36.8 Å². The summed E-state index contributed by atoms with van der Waals surface area (Å²) in [4.78, 5) is 0. The number of methoxy groups -OCH3 is 1. The van der Waals surface area contributed by atoms with Gasteiger partial charge in [-0.15, -0.1) is 0 Å². The van der Waals surface area contributed by atoms with Gasteiger partial charge in [-0.2, -0.15) is 0 Å². The Hall–Kier alpha value is -2.12. The summed E-state index contributed by atoms with van der Waals surface area (Å²) in [6.45, 7) is 5.92. The van der Waals surface area contributed by atoms with Crippen LogP contribution in [0, 0.1) is 0 Å². The maximum Gasteiger partial charge on any atom is 0.0683 e. The van der Waals surface area contributed by atoms with Crippen LogP contribution in [0.15, 0.2) is 85.0 Å². The number of rotatable bonds is 8. The summed E-state index contributed by atoms with van der Waals surface area (Å²) in [7, 11) is 1.82. The van der Waals surface area contributed by atoms with Gasteiger partial charge in [-0.3, -0.25) is 0 Å². The highest BCUT2D eigenvalue weighted by Crippen LogP contribution is 2.32. The molecule has 0 heterocycles. The fourth-order valence-corrected chi connectivity index (χ4v) is 3.02. The molecule has 23 heavy (non-hydrogen) atoms. The normalized spacial score (nSPS) is 13.1. The van der Waals surface area contributed by atoms with Gasteiger partial charge in [-0.25, -0.2) is 0 Å². The summed E-state index contributed by atoms with van der Waals surface area (Å²) in [6, 6.07) is 21.3. The SMILES string of the molecule is C=C/C=C(\C)CCC(OC)C(c1ccccc1)c1ccccc1. The van der Waals surface area contributed by atoms with E-state index in [0.717, 1.165) is 12.8 Å². The van der Waals surface area contributed by atoms with E-state index in [4.69, 9.17) is 4.74 Å². The Balaban J connectivity index is 2.28. The average Bonchev–Trinajstić information content (AvgIpc) is 2.60. The summed E-state index contributed by atoms with van der Waals surface area (Å²) in [6.07, 6.45) is 6.07. The van der Waals surface area contributed by atoms with E-state index in [0.29, 0.717) is 0 Å². The third kappa shape index (κ3) is 4.94. The minimum Gasteiger partial charge on any atom is -0.380 e. The van der Waals surface area contributed by atoms with E-state index in [1.807, 2.05) is 13.2 Å². The zero-order valence-corrected chi connectivity index (χ0v) is 14.1. The summed E-state index contributed by atoms with van der Waals surface area (Å²) in [5, 5.41) is 0. The van der Waals surface area contributed by atoms with E-state index in [-0.39, 0.29) is 12.0 Å². The fraction of sp³-hybridized carbons (Fsp3) is 0.273. The van der Waals surface area contributed by atoms with Crippen LogP contribution in [0.5, 0.6) is 0 Å². The van der Waals surface area contributed by atoms with Crippen molar-refractivity contribution in [3.05, 3.63) is 96.1 Å². The van der Waals surface area contributed by atoms with Gasteiger partial charge in [-0.05, 0) is 30.9 Å². The first-order chi connectivity index (χ1) is 11.3. The van der Waals surface area contributed by atoms with Crippen molar-refractivity contribution in [1.29, 1.82) is 0 Å². The van der Waals surface area contributed by atoms with Crippen molar-refractivity contribution in [3.8, 4) is 0 Å². The van der Waals surface area contributed by atoms with Crippen molar-refractivity contribution in [2.75, 3.05) is 7.11 Å². The van der Waals surface area contributed by atoms with Crippen molar-refractivity contribution >= 4 is 0 Å². The third-order valence-corrected chi connectivity index (χ3v) is 4.22. The minimum atomic E-state index is 0.146. The van der Waals surface area contributed by atoms with Gasteiger partial charge in [0.15, 0.2) is 0 Å². The molecule has 0 aliphatic carbocycles. The average molecular weight is 306 g/mol. The molecule has 0 aromatic heterocycles. The molecule has 0 fully saturated rings. The molecule has 0 bridgehead atoms. The largest absolute Gasteiger partial charge is 0.380 e. The van der Waals surface area contributed by atoms with Crippen LogP contribution in [0.25, 0.3) is 0 Å². The monoisotopic (exact) mass is 306 g/mol. The Labute approximate surface area is 140 Å². The topological polar surface area (TPSA) is 9.23 Å². The summed E-state index contributed by atoms with van der Waals surface area (Å²) < 4.78 is 5.90. The molecule has 0 radical (unpaired) electrons. The van der Waals surface area contributed by atoms with Crippen LogP contribution in [-0.2, 0) is 4.74 Å². The fourth-order valence-electron chi connectivity index (χ4n) is 3.02. The Morgan fingerprint density at radius 1 is 1.00 bits per heavy atom. The lowest BCUT2D eigenvalue weighted by Crippen LogP contribution is -2.22. The maximum atomic E-state index is 5.90. The smallest absolute Gasteiger partial charge is 0.0683 e. The summed E-state index contributed by atoms with van der Waals surface area (Å²) >= 11 is 0. The lowest BCUT2D eigenvalue weighted by molar-refractivity contribution is 0.0819. The second kappa shape index (κ2) is 9.12. The van der Waals surface area contributed by atoms with E-state index < -0.39 is 0 Å². The molecule has 0 amide bonds. The molecular weight excluding hydrogens is 280 g/mol. The first kappa shape index (κ1) is 17.2. The Kier molecular flexibility index (Phi) is 6.83. The summed E-state index contributed by atoms with van der Waals surface area (Å²) in [5.74, 6) is 0.249. The van der Waals surface area contributed by atoms with Crippen LogP contribution in [0.2, 0.25) is 0 Å². The van der Waals surface area contributed by atoms with Crippen LogP contribution in [0.4, 0.5) is 0 Å². The number of allylic oxidation sites excluding steroid dienone is 3. The zero-order chi connectivity index (χ0) is 16.5. The molecule has 1 atom stereocenters. The molecular formula is C22H26O. The van der Waals surface area contributed by atoms with Gasteiger partial charge in [0, 0.05) is 13.0 Å². The van der Waals surface area contributed by atoms with E-state index in [1.165, 1.54) is 16.7 Å². The molecule has 0 saturated heterocycles. The molecule has 1 heteroatoms. The number of hydrogen-bond acceptors (Lipinski definition) is 1. The van der Waals surface area contributed by atoms with Gasteiger partial charge in [0.05, 0.1) is 6.10 Å². The predicted octanol–water partition coefficient (Wildman–Crippen LogP) is 5.75. The molecule has 0 N–H and O–H groups in total. The molecule has 1 nitrogen and oxygen atoms in total. The van der Waals surface area contributed by atoms with E-state index in [2.05, 4.69) is 80.2 Å². The highest BCUT2D eigenvalue weighted by Gasteiger charge is 2.24. The summed E-state index contributed by atoms with van der Waals surface area (Å²) in [5.41, 5.74) is 3.94. The molecule has 120 valence electrons. The second-order valence-electron chi connectivity index (χ2n) is 5.86. The molecule has 2 aromatic carbocycles. The van der Waals surface area contributed by atoms with Crippen molar-refractivity contribution in [2.24, 2.45) is 0 Å². The number of ether oxygens (including phenoxy) is 1. The number of hydrogen-bond donors (Lipinski definition) is 0. The zero-order valence-electron chi connectivity index (χ0n) is 14.1. The maximum absolute atomic E-state index is 5.90. The first-order valence-corrected chi connectivity index (χ1v) is 8.17. The van der Waals surface area contributed by atoms with Crippen molar-refractivity contribution in [1.82, 2.24) is 0 Å². The lowest BCUT2D eigenvalue weighted by Gasteiger charge is -2.27. The quantitative estimate of drug-likeness (QED) is 0.565. The van der Waals surface area contributed by atoms with Crippen LogP contribution < -0.4 is 0 Å². The standard InChI is InChI=1S/C22H26O/c1-4-11-18(2)16-17-21(23-3)22(19-12-7-5-8-13-19)20-14-9-6-10-15-20/h4-15,21-22H,1,16-17H2,2-3H3/b18-11+. The van der Waals surface area contributed by atoms with Gasteiger partial charge >= 0.3 is 0 Å². The van der Waals surface area contributed by atoms with Crippen LogP contribution >= 0.6 is 0 Å². The molecule has 0 aliphatic rings. The molecule has 2 rings (SSSR count). The second-order valence-corrected chi connectivity index (χ2v) is 5.86. The van der Waals surface area contributed by atoms with Gasteiger partial charge < -0.3 is 4.74 Å². The first-order valence-electron chi connectivity index (χ1n) is 8.17. The van der Waals surface area contributed by atoms with Crippen molar-refractivity contribution in [2.45, 2.75) is 31.8 Å². The molecule has 0 spiro atoms. The Morgan fingerprint density at radius 3 is 1.96 bits per heavy atom. The van der Waals surface area contributed by atoms with Crippen LogP contribution in [-0.4, -0.2) is 13.2 Å². The van der Waals surface area contributed by atoms with E-state index in [9.17, 15) is 0 Å².